The van der Waals surface area contributed by atoms with Crippen molar-refractivity contribution in [3.8, 4) is 0 Å². The molecule has 21 heavy (non-hydrogen) atoms. The molecule has 2 unspecified atom stereocenters. The van der Waals surface area contributed by atoms with Crippen LogP contribution >= 0.6 is 0 Å². The van der Waals surface area contributed by atoms with Crippen molar-refractivity contribution in [3.05, 3.63) is 24.3 Å². The SMILES string of the molecule is CNS(=O)(=O)c1ccccc1NC1CCCC(C(=O)O)C1. The highest BCUT2D eigenvalue weighted by molar-refractivity contribution is 7.89. The van der Waals surface area contributed by atoms with Crippen LogP contribution in [-0.2, 0) is 14.8 Å². The van der Waals surface area contributed by atoms with Crippen molar-refractivity contribution >= 4 is 21.7 Å². The molecule has 2 atom stereocenters. The highest BCUT2D eigenvalue weighted by atomic mass is 32.2. The van der Waals surface area contributed by atoms with Crippen LogP contribution in [0.25, 0.3) is 0 Å². The van der Waals surface area contributed by atoms with Crippen molar-refractivity contribution in [1.29, 1.82) is 0 Å². The first-order chi connectivity index (χ1) is 9.94. The molecular weight excluding hydrogens is 292 g/mol. The van der Waals surface area contributed by atoms with Gasteiger partial charge in [-0.25, -0.2) is 13.1 Å². The number of sulfonamides is 1. The highest BCUT2D eigenvalue weighted by Crippen LogP contribution is 2.29. The number of carboxylic acids is 1. The maximum absolute atomic E-state index is 12.0. The van der Waals surface area contributed by atoms with Gasteiger partial charge in [0.25, 0.3) is 0 Å². The van der Waals surface area contributed by atoms with Crippen LogP contribution < -0.4 is 10.0 Å². The van der Waals surface area contributed by atoms with Crippen LogP contribution in [0.3, 0.4) is 0 Å². The summed E-state index contributed by atoms with van der Waals surface area (Å²) >= 11 is 0. The van der Waals surface area contributed by atoms with Crippen LogP contribution in [0, 0.1) is 5.92 Å². The molecule has 0 heterocycles. The average Bonchev–Trinajstić information content (AvgIpc) is 2.48. The van der Waals surface area contributed by atoms with Gasteiger partial charge in [0.2, 0.25) is 10.0 Å². The molecule has 0 spiro atoms. The molecule has 1 aromatic carbocycles. The lowest BCUT2D eigenvalue weighted by molar-refractivity contribution is -0.142. The van der Waals surface area contributed by atoms with Gasteiger partial charge in [-0.15, -0.1) is 0 Å². The lowest BCUT2D eigenvalue weighted by Gasteiger charge is -2.28. The summed E-state index contributed by atoms with van der Waals surface area (Å²) in [5.41, 5.74) is 0.517. The molecule has 0 aliphatic heterocycles. The van der Waals surface area contributed by atoms with Gasteiger partial charge < -0.3 is 10.4 Å². The van der Waals surface area contributed by atoms with Crippen LogP contribution in [0.5, 0.6) is 0 Å². The first kappa shape index (κ1) is 15.8. The van der Waals surface area contributed by atoms with Crippen LogP contribution in [0.15, 0.2) is 29.2 Å². The van der Waals surface area contributed by atoms with E-state index in [0.717, 1.165) is 12.8 Å². The molecule has 1 aliphatic carbocycles. The van der Waals surface area contributed by atoms with Gasteiger partial charge in [0.1, 0.15) is 4.90 Å². The molecule has 0 aromatic heterocycles. The zero-order valence-electron chi connectivity index (χ0n) is 11.9. The predicted molar refractivity (Wildman–Crippen MR) is 79.7 cm³/mol. The molecular formula is C14H20N2O4S. The number of carbonyl (C=O) groups is 1. The Balaban J connectivity index is 2.19. The van der Waals surface area contributed by atoms with Gasteiger partial charge >= 0.3 is 5.97 Å². The van der Waals surface area contributed by atoms with E-state index in [9.17, 15) is 13.2 Å². The average molecular weight is 312 g/mol. The molecule has 6 nitrogen and oxygen atoms in total. The number of carboxylic acid groups (broad SMARTS) is 1. The standard InChI is InChI=1S/C14H20N2O4S/c1-15-21(19,20)13-8-3-2-7-12(13)16-11-6-4-5-10(9-11)14(17)18/h2-3,7-8,10-11,15-16H,4-6,9H2,1H3,(H,17,18). The van der Waals surface area contributed by atoms with Crippen LogP contribution in [0.1, 0.15) is 25.7 Å². The van der Waals surface area contributed by atoms with Crippen LogP contribution in [0.2, 0.25) is 0 Å². The van der Waals surface area contributed by atoms with E-state index < -0.39 is 16.0 Å². The molecule has 7 heteroatoms. The number of hydrogen-bond acceptors (Lipinski definition) is 4. The maximum Gasteiger partial charge on any atom is 0.306 e. The highest BCUT2D eigenvalue weighted by Gasteiger charge is 2.28. The van der Waals surface area contributed by atoms with Gasteiger partial charge in [-0.1, -0.05) is 18.6 Å². The molecule has 116 valence electrons. The summed E-state index contributed by atoms with van der Waals surface area (Å²) in [6.45, 7) is 0. The molecule has 2 rings (SSSR count). The van der Waals surface area contributed by atoms with Crippen LogP contribution in [0.4, 0.5) is 5.69 Å². The van der Waals surface area contributed by atoms with Gasteiger partial charge in [0, 0.05) is 6.04 Å². The summed E-state index contributed by atoms with van der Waals surface area (Å²) in [5, 5.41) is 12.3. The molecule has 0 bridgehead atoms. The predicted octanol–water partition coefficient (Wildman–Crippen LogP) is 1.65. The molecule has 0 saturated heterocycles. The molecule has 1 saturated carbocycles. The van der Waals surface area contributed by atoms with Crippen molar-refractivity contribution in [2.24, 2.45) is 5.92 Å². The maximum atomic E-state index is 12.0. The minimum atomic E-state index is -3.54. The Morgan fingerprint density at radius 1 is 1.29 bits per heavy atom. The Morgan fingerprint density at radius 3 is 2.67 bits per heavy atom. The van der Waals surface area contributed by atoms with E-state index in [4.69, 9.17) is 5.11 Å². The lowest BCUT2D eigenvalue weighted by atomic mass is 9.85. The summed E-state index contributed by atoms with van der Waals surface area (Å²) in [6, 6.07) is 6.64. The molecule has 1 aliphatic rings. The molecule has 3 N–H and O–H groups in total. The molecule has 0 amide bonds. The first-order valence-electron chi connectivity index (χ1n) is 6.96. The normalized spacial score (nSPS) is 22.7. The van der Waals surface area contributed by atoms with E-state index in [1.807, 2.05) is 0 Å². The Bertz CT molecular complexity index is 615. The van der Waals surface area contributed by atoms with Crippen molar-refractivity contribution in [3.63, 3.8) is 0 Å². The number of benzene rings is 1. The minimum absolute atomic E-state index is 0.0203. The summed E-state index contributed by atoms with van der Waals surface area (Å²) in [6.07, 6.45) is 2.88. The fourth-order valence-corrected chi connectivity index (χ4v) is 3.59. The third-order valence-electron chi connectivity index (χ3n) is 3.83. The van der Waals surface area contributed by atoms with Gasteiger partial charge in [0.15, 0.2) is 0 Å². The lowest BCUT2D eigenvalue weighted by Crippen LogP contribution is -2.31. The van der Waals surface area contributed by atoms with Gasteiger partial charge in [0.05, 0.1) is 11.6 Å². The zero-order chi connectivity index (χ0) is 15.5. The second kappa shape index (κ2) is 6.44. The van der Waals surface area contributed by atoms with E-state index in [0.29, 0.717) is 18.5 Å². The monoisotopic (exact) mass is 312 g/mol. The second-order valence-corrected chi connectivity index (χ2v) is 7.10. The Kier molecular flexibility index (Phi) is 4.84. The summed E-state index contributed by atoms with van der Waals surface area (Å²) in [5.74, 6) is -1.14. The molecule has 1 aromatic rings. The number of nitrogens with one attached hydrogen (secondary N) is 2. The summed E-state index contributed by atoms with van der Waals surface area (Å²) in [7, 11) is -2.17. The number of anilines is 1. The number of aliphatic carboxylic acids is 1. The van der Waals surface area contributed by atoms with E-state index in [1.165, 1.54) is 13.1 Å². The van der Waals surface area contributed by atoms with E-state index >= 15 is 0 Å². The van der Waals surface area contributed by atoms with Crippen molar-refractivity contribution < 1.29 is 18.3 Å². The molecule has 1 fully saturated rings. The first-order valence-corrected chi connectivity index (χ1v) is 8.44. The van der Waals surface area contributed by atoms with Gasteiger partial charge in [-0.3, -0.25) is 4.79 Å². The largest absolute Gasteiger partial charge is 0.481 e. The fourth-order valence-electron chi connectivity index (χ4n) is 2.70. The quantitative estimate of drug-likeness (QED) is 0.768. The topological polar surface area (TPSA) is 95.5 Å². The minimum Gasteiger partial charge on any atom is -0.481 e. The third kappa shape index (κ3) is 3.74. The molecule has 0 radical (unpaired) electrons. The smallest absolute Gasteiger partial charge is 0.306 e. The zero-order valence-corrected chi connectivity index (χ0v) is 12.7. The Labute approximate surface area is 124 Å². The van der Waals surface area contributed by atoms with E-state index in [1.54, 1.807) is 18.2 Å². The van der Waals surface area contributed by atoms with E-state index in [2.05, 4.69) is 10.0 Å². The second-order valence-electron chi connectivity index (χ2n) is 5.25. The van der Waals surface area contributed by atoms with E-state index in [-0.39, 0.29) is 16.9 Å². The van der Waals surface area contributed by atoms with Crippen molar-refractivity contribution in [2.45, 2.75) is 36.6 Å². The van der Waals surface area contributed by atoms with Crippen LogP contribution in [-0.4, -0.2) is 32.6 Å². The number of rotatable bonds is 5. The summed E-state index contributed by atoms with van der Waals surface area (Å²) < 4.78 is 26.3. The fraction of sp³-hybridized carbons (Fsp3) is 0.500. The van der Waals surface area contributed by atoms with Gasteiger partial charge in [-0.05, 0) is 38.4 Å². The summed E-state index contributed by atoms with van der Waals surface area (Å²) in [4.78, 5) is 11.3. The van der Waals surface area contributed by atoms with Crippen molar-refractivity contribution in [2.75, 3.05) is 12.4 Å². The number of para-hydroxylation sites is 1. The van der Waals surface area contributed by atoms with Gasteiger partial charge in [-0.2, -0.15) is 0 Å². The third-order valence-corrected chi connectivity index (χ3v) is 5.30. The Hall–Kier alpha value is -1.60. The Morgan fingerprint density at radius 2 is 2.00 bits per heavy atom. The number of hydrogen-bond donors (Lipinski definition) is 3. The van der Waals surface area contributed by atoms with Crippen molar-refractivity contribution in [1.82, 2.24) is 4.72 Å².